The SMILES string of the molecule is CC1CCCC(N(C)CCNCc2cc(Br)cs2)C1. The van der Waals surface area contributed by atoms with Crippen LogP contribution in [0.2, 0.25) is 0 Å². The highest BCUT2D eigenvalue weighted by Gasteiger charge is 2.21. The second kappa shape index (κ2) is 7.77. The first kappa shape index (κ1) is 15.5. The van der Waals surface area contributed by atoms with Gasteiger partial charge in [0.25, 0.3) is 0 Å². The lowest BCUT2D eigenvalue weighted by molar-refractivity contribution is 0.164. The first-order valence-electron chi connectivity index (χ1n) is 7.29. The van der Waals surface area contributed by atoms with Crippen LogP contribution in [-0.2, 0) is 6.54 Å². The summed E-state index contributed by atoms with van der Waals surface area (Å²) in [6.45, 7) is 5.62. The Bertz CT molecular complexity index is 380. The van der Waals surface area contributed by atoms with Gasteiger partial charge in [-0.05, 0) is 47.8 Å². The lowest BCUT2D eigenvalue weighted by Crippen LogP contribution is -2.39. The number of nitrogens with zero attached hydrogens (tertiary/aromatic N) is 1. The van der Waals surface area contributed by atoms with E-state index in [0.29, 0.717) is 0 Å². The van der Waals surface area contributed by atoms with Gasteiger partial charge >= 0.3 is 0 Å². The van der Waals surface area contributed by atoms with E-state index in [9.17, 15) is 0 Å². The molecule has 1 heterocycles. The van der Waals surface area contributed by atoms with Gasteiger partial charge in [-0.15, -0.1) is 11.3 Å². The zero-order chi connectivity index (χ0) is 13.7. The standard InChI is InChI=1S/C15H25BrN2S/c1-12-4-3-5-14(8-12)18(2)7-6-17-10-15-9-13(16)11-19-15/h9,11-12,14,17H,3-8,10H2,1-2H3. The lowest BCUT2D eigenvalue weighted by atomic mass is 9.86. The second-order valence-electron chi connectivity index (χ2n) is 5.81. The van der Waals surface area contributed by atoms with Gasteiger partial charge in [0.15, 0.2) is 0 Å². The van der Waals surface area contributed by atoms with Crippen LogP contribution in [0.25, 0.3) is 0 Å². The summed E-state index contributed by atoms with van der Waals surface area (Å²) >= 11 is 5.31. The van der Waals surface area contributed by atoms with E-state index < -0.39 is 0 Å². The van der Waals surface area contributed by atoms with Crippen LogP contribution in [0.3, 0.4) is 0 Å². The van der Waals surface area contributed by atoms with Crippen LogP contribution in [0.1, 0.15) is 37.5 Å². The van der Waals surface area contributed by atoms with Crippen LogP contribution in [0.15, 0.2) is 15.9 Å². The van der Waals surface area contributed by atoms with Crippen molar-refractivity contribution in [3.8, 4) is 0 Å². The molecule has 1 saturated carbocycles. The maximum Gasteiger partial charge on any atom is 0.0300 e. The average molecular weight is 345 g/mol. The van der Waals surface area contributed by atoms with Gasteiger partial charge in [-0.25, -0.2) is 0 Å². The molecule has 1 aromatic rings. The molecule has 1 N–H and O–H groups in total. The molecule has 0 saturated heterocycles. The Balaban J connectivity index is 1.62. The molecule has 2 nitrogen and oxygen atoms in total. The van der Waals surface area contributed by atoms with Crippen LogP contribution < -0.4 is 5.32 Å². The number of hydrogen-bond donors (Lipinski definition) is 1. The molecule has 1 aromatic heterocycles. The first-order valence-corrected chi connectivity index (χ1v) is 8.96. The van der Waals surface area contributed by atoms with Crippen molar-refractivity contribution in [2.75, 3.05) is 20.1 Å². The summed E-state index contributed by atoms with van der Waals surface area (Å²) in [4.78, 5) is 3.95. The van der Waals surface area contributed by atoms with Crippen LogP contribution in [0, 0.1) is 5.92 Å². The van der Waals surface area contributed by atoms with Crippen LogP contribution in [0.4, 0.5) is 0 Å². The highest BCUT2D eigenvalue weighted by molar-refractivity contribution is 9.10. The Labute approximate surface area is 129 Å². The largest absolute Gasteiger partial charge is 0.311 e. The van der Waals surface area contributed by atoms with Gasteiger partial charge in [-0.3, -0.25) is 0 Å². The van der Waals surface area contributed by atoms with Gasteiger partial charge in [0.1, 0.15) is 0 Å². The molecule has 0 amide bonds. The molecule has 0 bridgehead atoms. The third kappa shape index (κ3) is 5.18. The zero-order valence-electron chi connectivity index (χ0n) is 12.0. The minimum Gasteiger partial charge on any atom is -0.311 e. The third-order valence-electron chi connectivity index (χ3n) is 4.09. The van der Waals surface area contributed by atoms with Crippen molar-refractivity contribution in [1.29, 1.82) is 0 Å². The monoisotopic (exact) mass is 344 g/mol. The normalized spacial score (nSPS) is 24.0. The lowest BCUT2D eigenvalue weighted by Gasteiger charge is -2.34. The van der Waals surface area contributed by atoms with E-state index in [1.54, 1.807) is 0 Å². The minimum absolute atomic E-state index is 0.807. The third-order valence-corrected chi connectivity index (χ3v) is 5.79. The summed E-state index contributed by atoms with van der Waals surface area (Å²) in [6, 6.07) is 3.01. The first-order chi connectivity index (χ1) is 9.15. The van der Waals surface area contributed by atoms with E-state index in [1.165, 1.54) is 35.0 Å². The van der Waals surface area contributed by atoms with Crippen molar-refractivity contribution >= 4 is 27.3 Å². The molecule has 0 aliphatic heterocycles. The fraction of sp³-hybridized carbons (Fsp3) is 0.733. The van der Waals surface area contributed by atoms with Gasteiger partial charge < -0.3 is 10.2 Å². The number of thiophene rings is 1. The predicted molar refractivity (Wildman–Crippen MR) is 87.8 cm³/mol. The molecular formula is C15H25BrN2S. The van der Waals surface area contributed by atoms with E-state index in [0.717, 1.165) is 31.6 Å². The van der Waals surface area contributed by atoms with E-state index in [4.69, 9.17) is 0 Å². The molecule has 2 unspecified atom stereocenters. The highest BCUT2D eigenvalue weighted by atomic mass is 79.9. The average Bonchev–Trinajstić information content (AvgIpc) is 2.80. The summed E-state index contributed by atoms with van der Waals surface area (Å²) in [5, 5.41) is 5.69. The zero-order valence-corrected chi connectivity index (χ0v) is 14.4. The minimum atomic E-state index is 0.807. The maximum absolute atomic E-state index is 3.54. The van der Waals surface area contributed by atoms with Crippen molar-refractivity contribution < 1.29 is 0 Å². The Morgan fingerprint density at radius 3 is 3.00 bits per heavy atom. The molecule has 19 heavy (non-hydrogen) atoms. The molecule has 108 valence electrons. The Hall–Kier alpha value is 0.1000. The predicted octanol–water partition coefficient (Wildman–Crippen LogP) is 4.11. The van der Waals surface area contributed by atoms with Gasteiger partial charge in [-0.2, -0.15) is 0 Å². The molecule has 0 spiro atoms. The Morgan fingerprint density at radius 1 is 1.47 bits per heavy atom. The maximum atomic E-state index is 3.54. The summed E-state index contributed by atoms with van der Waals surface area (Å²) in [5.41, 5.74) is 0. The van der Waals surface area contributed by atoms with Crippen molar-refractivity contribution in [1.82, 2.24) is 10.2 Å². The summed E-state index contributed by atoms with van der Waals surface area (Å²) < 4.78 is 1.20. The second-order valence-corrected chi connectivity index (χ2v) is 7.73. The summed E-state index contributed by atoms with van der Waals surface area (Å²) in [5.74, 6) is 0.914. The topological polar surface area (TPSA) is 15.3 Å². The molecular weight excluding hydrogens is 320 g/mol. The molecule has 0 aromatic carbocycles. The van der Waals surface area contributed by atoms with Gasteiger partial charge in [0, 0.05) is 40.4 Å². The molecule has 1 aliphatic rings. The number of nitrogens with one attached hydrogen (secondary N) is 1. The fourth-order valence-corrected chi connectivity index (χ4v) is 4.32. The molecule has 0 radical (unpaired) electrons. The van der Waals surface area contributed by atoms with Crippen LogP contribution >= 0.6 is 27.3 Å². The van der Waals surface area contributed by atoms with Gasteiger partial charge in [0.2, 0.25) is 0 Å². The number of halogens is 1. The fourth-order valence-electron chi connectivity index (χ4n) is 2.90. The van der Waals surface area contributed by atoms with Crippen molar-refractivity contribution in [3.05, 3.63) is 20.8 Å². The molecule has 2 atom stereocenters. The van der Waals surface area contributed by atoms with Crippen LogP contribution in [0.5, 0.6) is 0 Å². The Morgan fingerprint density at radius 2 is 2.32 bits per heavy atom. The van der Waals surface area contributed by atoms with Crippen LogP contribution in [-0.4, -0.2) is 31.1 Å². The van der Waals surface area contributed by atoms with E-state index in [1.807, 2.05) is 11.3 Å². The molecule has 1 aliphatic carbocycles. The van der Waals surface area contributed by atoms with E-state index >= 15 is 0 Å². The molecule has 2 rings (SSSR count). The molecule has 4 heteroatoms. The van der Waals surface area contributed by atoms with Gasteiger partial charge in [0.05, 0.1) is 0 Å². The number of hydrogen-bond acceptors (Lipinski definition) is 3. The Kier molecular flexibility index (Phi) is 6.33. The highest BCUT2D eigenvalue weighted by Crippen LogP contribution is 2.26. The van der Waals surface area contributed by atoms with Crippen molar-refractivity contribution in [2.24, 2.45) is 5.92 Å². The smallest absolute Gasteiger partial charge is 0.0300 e. The van der Waals surface area contributed by atoms with E-state index in [2.05, 4.69) is 51.6 Å². The number of rotatable bonds is 6. The molecule has 1 fully saturated rings. The van der Waals surface area contributed by atoms with Gasteiger partial charge in [-0.1, -0.05) is 19.8 Å². The van der Waals surface area contributed by atoms with Crippen molar-refractivity contribution in [2.45, 2.75) is 45.2 Å². The van der Waals surface area contributed by atoms with Crippen molar-refractivity contribution in [3.63, 3.8) is 0 Å². The quantitative estimate of drug-likeness (QED) is 0.781. The summed E-state index contributed by atoms with van der Waals surface area (Å²) in [6.07, 6.45) is 5.61. The summed E-state index contributed by atoms with van der Waals surface area (Å²) in [7, 11) is 2.28. The number of likely N-dealkylation sites (N-methyl/N-ethyl adjacent to an activating group) is 1. The van der Waals surface area contributed by atoms with E-state index in [-0.39, 0.29) is 0 Å².